The molecule has 2 N–H and O–H groups in total. The lowest BCUT2D eigenvalue weighted by Crippen LogP contribution is -2.29. The molecule has 0 bridgehead atoms. The van der Waals surface area contributed by atoms with Crippen molar-refractivity contribution in [1.29, 1.82) is 0 Å². The number of hydrogen-bond donors (Lipinski definition) is 2. The minimum atomic E-state index is -0.714. The fraction of sp³-hybridized carbons (Fsp3) is 0.227. The van der Waals surface area contributed by atoms with Crippen molar-refractivity contribution < 1.29 is 24.6 Å². The standard InChI is InChI=1S/C22H20N4O5/c1-25(2)14(27)7-6-12-4-3-5-13(10-12)11-26-21(30)15-16(22(26)31)20(29)18-17(19(15)28)23-8-9-24-18/h3-5,8-10,28-29H,6-7,11H2,1-2H3. The number of phenolic OH excluding ortho intramolecular Hbond substituents is 2. The number of carbonyl (C=O) groups excluding carboxylic acids is 3. The summed E-state index contributed by atoms with van der Waals surface area (Å²) in [6.45, 7) is -0.0438. The zero-order valence-corrected chi connectivity index (χ0v) is 17.0. The molecule has 0 atom stereocenters. The predicted octanol–water partition coefficient (Wildman–Crippen LogP) is 1.86. The van der Waals surface area contributed by atoms with Crippen LogP contribution in [-0.2, 0) is 17.8 Å². The van der Waals surface area contributed by atoms with Crippen LogP contribution in [0.4, 0.5) is 0 Å². The van der Waals surface area contributed by atoms with Gasteiger partial charge in [0.1, 0.15) is 22.2 Å². The Balaban J connectivity index is 1.63. The number of aromatic hydroxyl groups is 2. The number of fused-ring (bicyclic) bond motifs is 2. The summed E-state index contributed by atoms with van der Waals surface area (Å²) in [4.78, 5) is 48.1. The van der Waals surface area contributed by atoms with Gasteiger partial charge in [0.15, 0.2) is 11.5 Å². The molecule has 1 aliphatic rings. The minimum Gasteiger partial charge on any atom is -0.505 e. The molecule has 1 aromatic heterocycles. The van der Waals surface area contributed by atoms with E-state index in [2.05, 4.69) is 9.97 Å². The second kappa shape index (κ2) is 7.67. The molecule has 9 nitrogen and oxygen atoms in total. The molecule has 0 fully saturated rings. The van der Waals surface area contributed by atoms with E-state index in [1.165, 1.54) is 17.3 Å². The van der Waals surface area contributed by atoms with Crippen molar-refractivity contribution in [3.63, 3.8) is 0 Å². The second-order valence-electron chi connectivity index (χ2n) is 7.51. The van der Waals surface area contributed by atoms with Crippen LogP contribution in [0.2, 0.25) is 0 Å². The summed E-state index contributed by atoms with van der Waals surface area (Å²) in [6.07, 6.45) is 3.51. The number of aromatic nitrogens is 2. The third-order valence-corrected chi connectivity index (χ3v) is 5.25. The molecule has 2 aromatic carbocycles. The molecule has 158 valence electrons. The van der Waals surface area contributed by atoms with E-state index in [9.17, 15) is 24.6 Å². The molecule has 0 unspecified atom stereocenters. The summed E-state index contributed by atoms with van der Waals surface area (Å²) in [5, 5.41) is 21.1. The van der Waals surface area contributed by atoms with Crippen molar-refractivity contribution >= 4 is 28.8 Å². The molecule has 3 amide bonds. The van der Waals surface area contributed by atoms with Crippen LogP contribution < -0.4 is 0 Å². The Bertz CT molecular complexity index is 1180. The van der Waals surface area contributed by atoms with E-state index in [-0.39, 0.29) is 34.6 Å². The first-order valence-electron chi connectivity index (χ1n) is 9.62. The number of benzene rings is 2. The van der Waals surface area contributed by atoms with Gasteiger partial charge in [-0.2, -0.15) is 0 Å². The predicted molar refractivity (Wildman–Crippen MR) is 111 cm³/mol. The van der Waals surface area contributed by atoms with Crippen molar-refractivity contribution in [1.82, 2.24) is 19.8 Å². The van der Waals surface area contributed by atoms with E-state index in [0.29, 0.717) is 18.4 Å². The van der Waals surface area contributed by atoms with Gasteiger partial charge in [0.2, 0.25) is 5.91 Å². The smallest absolute Gasteiger partial charge is 0.265 e. The molecular formula is C22H20N4O5. The lowest BCUT2D eigenvalue weighted by Gasteiger charge is -2.15. The largest absolute Gasteiger partial charge is 0.505 e. The van der Waals surface area contributed by atoms with E-state index in [1.54, 1.807) is 26.2 Å². The van der Waals surface area contributed by atoms with E-state index >= 15 is 0 Å². The van der Waals surface area contributed by atoms with Gasteiger partial charge in [-0.05, 0) is 17.5 Å². The van der Waals surface area contributed by atoms with Gasteiger partial charge in [-0.3, -0.25) is 19.3 Å². The lowest BCUT2D eigenvalue weighted by molar-refractivity contribution is -0.128. The van der Waals surface area contributed by atoms with Crippen molar-refractivity contribution in [2.75, 3.05) is 14.1 Å². The number of phenols is 2. The third-order valence-electron chi connectivity index (χ3n) is 5.25. The summed E-state index contributed by atoms with van der Waals surface area (Å²) in [7, 11) is 3.39. The molecule has 31 heavy (non-hydrogen) atoms. The van der Waals surface area contributed by atoms with Gasteiger partial charge in [0.25, 0.3) is 11.8 Å². The average molecular weight is 420 g/mol. The summed E-state index contributed by atoms with van der Waals surface area (Å²) in [5.74, 6) is -2.38. The Hall–Kier alpha value is -4.01. The molecule has 0 saturated carbocycles. The summed E-state index contributed by atoms with van der Waals surface area (Å²) >= 11 is 0. The Morgan fingerprint density at radius 3 is 2.06 bits per heavy atom. The van der Waals surface area contributed by atoms with Gasteiger partial charge in [-0.25, -0.2) is 9.97 Å². The molecule has 9 heteroatoms. The maximum absolute atomic E-state index is 12.9. The highest BCUT2D eigenvalue weighted by molar-refractivity contribution is 6.26. The fourth-order valence-electron chi connectivity index (χ4n) is 3.62. The van der Waals surface area contributed by atoms with Crippen LogP contribution >= 0.6 is 0 Å². The fourth-order valence-corrected chi connectivity index (χ4v) is 3.62. The number of hydrogen-bond acceptors (Lipinski definition) is 7. The van der Waals surface area contributed by atoms with Gasteiger partial charge in [-0.15, -0.1) is 0 Å². The molecule has 1 aliphatic heterocycles. The summed E-state index contributed by atoms with van der Waals surface area (Å²) < 4.78 is 0. The average Bonchev–Trinajstić information content (AvgIpc) is 3.01. The Labute approximate surface area is 177 Å². The molecule has 0 spiro atoms. The molecule has 0 aliphatic carbocycles. The van der Waals surface area contributed by atoms with Crippen molar-refractivity contribution in [3.05, 3.63) is 58.9 Å². The first-order valence-corrected chi connectivity index (χ1v) is 9.62. The number of nitrogens with zero attached hydrogens (tertiary/aromatic N) is 4. The van der Waals surface area contributed by atoms with E-state index in [1.807, 2.05) is 12.1 Å². The van der Waals surface area contributed by atoms with Crippen molar-refractivity contribution in [2.45, 2.75) is 19.4 Å². The molecule has 3 aromatic rings. The monoisotopic (exact) mass is 420 g/mol. The third kappa shape index (κ3) is 3.43. The number of imide groups is 1. The molecule has 2 heterocycles. The number of aryl methyl sites for hydroxylation is 1. The lowest BCUT2D eigenvalue weighted by atomic mass is 10.1. The van der Waals surface area contributed by atoms with Gasteiger partial charge in [-0.1, -0.05) is 24.3 Å². The Kier molecular flexibility index (Phi) is 5.02. The Morgan fingerprint density at radius 1 is 0.968 bits per heavy atom. The summed E-state index contributed by atoms with van der Waals surface area (Å²) in [6, 6.07) is 7.25. The zero-order chi connectivity index (χ0) is 22.3. The Morgan fingerprint density at radius 2 is 1.52 bits per heavy atom. The molecular weight excluding hydrogens is 400 g/mol. The number of carbonyl (C=O) groups is 3. The highest BCUT2D eigenvalue weighted by Gasteiger charge is 2.42. The highest BCUT2D eigenvalue weighted by Crippen LogP contribution is 2.42. The van der Waals surface area contributed by atoms with Crippen LogP contribution in [0.1, 0.15) is 38.3 Å². The normalized spacial score (nSPS) is 13.0. The number of amides is 3. The number of rotatable bonds is 5. The molecule has 0 saturated heterocycles. The first kappa shape index (κ1) is 20.3. The van der Waals surface area contributed by atoms with Gasteiger partial charge in [0.05, 0.1) is 6.54 Å². The molecule has 4 rings (SSSR count). The molecule has 0 radical (unpaired) electrons. The van der Waals surface area contributed by atoms with Crippen molar-refractivity contribution in [3.8, 4) is 11.5 Å². The maximum atomic E-state index is 12.9. The van der Waals surface area contributed by atoms with Crippen LogP contribution in [0, 0.1) is 0 Å². The first-order chi connectivity index (χ1) is 14.8. The summed E-state index contributed by atoms with van der Waals surface area (Å²) in [5.41, 5.74) is 0.938. The van der Waals surface area contributed by atoms with Crippen molar-refractivity contribution in [2.24, 2.45) is 0 Å². The topological polar surface area (TPSA) is 124 Å². The van der Waals surface area contributed by atoms with Crippen LogP contribution in [0.5, 0.6) is 11.5 Å². The quantitative estimate of drug-likeness (QED) is 0.477. The van der Waals surface area contributed by atoms with Gasteiger partial charge >= 0.3 is 0 Å². The van der Waals surface area contributed by atoms with E-state index in [4.69, 9.17) is 0 Å². The van der Waals surface area contributed by atoms with E-state index in [0.717, 1.165) is 10.5 Å². The van der Waals surface area contributed by atoms with Crippen LogP contribution in [0.25, 0.3) is 11.0 Å². The minimum absolute atomic E-state index is 0.00554. The van der Waals surface area contributed by atoms with Crippen LogP contribution in [0.15, 0.2) is 36.7 Å². The SMILES string of the molecule is CN(C)C(=O)CCc1cccc(CN2C(=O)c3c(c(O)c4nccnc4c3O)C2=O)c1. The highest BCUT2D eigenvalue weighted by atomic mass is 16.3. The van der Waals surface area contributed by atoms with Crippen LogP contribution in [0.3, 0.4) is 0 Å². The van der Waals surface area contributed by atoms with Crippen LogP contribution in [-0.4, -0.2) is 61.8 Å². The van der Waals surface area contributed by atoms with E-state index < -0.39 is 23.3 Å². The maximum Gasteiger partial charge on any atom is 0.265 e. The van der Waals surface area contributed by atoms with Gasteiger partial charge < -0.3 is 15.1 Å². The second-order valence-corrected chi connectivity index (χ2v) is 7.51. The van der Waals surface area contributed by atoms with Gasteiger partial charge in [0, 0.05) is 32.9 Å². The zero-order valence-electron chi connectivity index (χ0n) is 17.0.